The zero-order chi connectivity index (χ0) is 9.47. The number of hydrogen-bond donors (Lipinski definition) is 2. The first kappa shape index (κ1) is 8.75. The van der Waals surface area contributed by atoms with Crippen LogP contribution in [0.1, 0.15) is 37.7 Å². The van der Waals surface area contributed by atoms with Crippen LogP contribution in [0.5, 0.6) is 0 Å². The molecule has 0 aliphatic heterocycles. The first-order valence-corrected chi connectivity index (χ1v) is 4.82. The van der Waals surface area contributed by atoms with Crippen molar-refractivity contribution in [1.29, 1.82) is 0 Å². The lowest BCUT2D eigenvalue weighted by atomic mass is 9.76. The highest BCUT2D eigenvalue weighted by atomic mass is 15.0. The summed E-state index contributed by atoms with van der Waals surface area (Å²) in [5.74, 6) is 0. The molecule has 0 fully saturated rings. The third-order valence-corrected chi connectivity index (χ3v) is 2.84. The van der Waals surface area contributed by atoms with Crippen LogP contribution in [0.4, 0.5) is 0 Å². The number of rotatable bonds is 1. The van der Waals surface area contributed by atoms with E-state index in [9.17, 15) is 0 Å². The molecule has 1 unspecified atom stereocenters. The second kappa shape index (κ2) is 2.84. The number of nitrogens with zero attached hydrogens (tertiary/aromatic N) is 1. The summed E-state index contributed by atoms with van der Waals surface area (Å²) in [6.45, 7) is 4.61. The van der Waals surface area contributed by atoms with Gasteiger partial charge in [0.15, 0.2) is 0 Å². The van der Waals surface area contributed by atoms with E-state index in [4.69, 9.17) is 0 Å². The average Bonchev–Trinajstić information content (AvgIpc) is 2.48. The molecule has 0 saturated heterocycles. The smallest absolute Gasteiger partial charge is 0.0925 e. The molecule has 1 aliphatic carbocycles. The van der Waals surface area contributed by atoms with Crippen LogP contribution in [-0.2, 0) is 6.42 Å². The van der Waals surface area contributed by atoms with E-state index in [0.717, 1.165) is 6.42 Å². The Bertz CT molecular complexity index is 301. The fraction of sp³-hybridized carbons (Fsp3) is 0.700. The number of hydrogen-bond acceptors (Lipinski definition) is 2. The molecule has 1 aromatic rings. The fourth-order valence-corrected chi connectivity index (χ4v) is 2.21. The Hall–Kier alpha value is -0.830. The second-order valence-electron chi connectivity index (χ2n) is 4.65. The third-order valence-electron chi connectivity index (χ3n) is 2.84. The molecule has 1 aliphatic rings. The van der Waals surface area contributed by atoms with Gasteiger partial charge in [0.1, 0.15) is 0 Å². The maximum absolute atomic E-state index is 4.36. The van der Waals surface area contributed by atoms with Crippen LogP contribution in [0, 0.1) is 5.41 Å². The zero-order valence-electron chi connectivity index (χ0n) is 8.52. The summed E-state index contributed by atoms with van der Waals surface area (Å²) in [6.07, 6.45) is 4.08. The summed E-state index contributed by atoms with van der Waals surface area (Å²) in [7, 11) is 2.00. The Kier molecular flexibility index (Phi) is 1.91. The molecule has 0 spiro atoms. The normalized spacial score (nSPS) is 25.6. The number of aromatic nitrogens is 2. The van der Waals surface area contributed by atoms with Gasteiger partial charge < -0.3 is 10.3 Å². The monoisotopic (exact) mass is 179 g/mol. The van der Waals surface area contributed by atoms with E-state index >= 15 is 0 Å². The lowest BCUT2D eigenvalue weighted by Gasteiger charge is -2.34. The number of H-pyrrole nitrogens is 1. The predicted octanol–water partition coefficient (Wildman–Crippen LogP) is 1.64. The quantitative estimate of drug-likeness (QED) is 0.688. The molecule has 2 rings (SSSR count). The van der Waals surface area contributed by atoms with E-state index in [-0.39, 0.29) is 0 Å². The first-order chi connectivity index (χ1) is 6.12. The molecule has 3 nitrogen and oxygen atoms in total. The molecule has 1 atom stereocenters. The highest BCUT2D eigenvalue weighted by Crippen LogP contribution is 2.38. The Morgan fingerprint density at radius 1 is 1.62 bits per heavy atom. The van der Waals surface area contributed by atoms with Gasteiger partial charge in [-0.2, -0.15) is 0 Å². The number of nitrogens with one attached hydrogen (secondary N) is 2. The van der Waals surface area contributed by atoms with Gasteiger partial charge in [0.25, 0.3) is 0 Å². The van der Waals surface area contributed by atoms with Crippen LogP contribution >= 0.6 is 0 Å². The molecule has 0 saturated carbocycles. The summed E-state index contributed by atoms with van der Waals surface area (Å²) in [6, 6.07) is 0.421. The summed E-state index contributed by atoms with van der Waals surface area (Å²) in [5, 5.41) is 3.32. The first-order valence-electron chi connectivity index (χ1n) is 4.82. The van der Waals surface area contributed by atoms with Gasteiger partial charge in [0.2, 0.25) is 0 Å². The predicted molar refractivity (Wildman–Crippen MR) is 52.5 cm³/mol. The van der Waals surface area contributed by atoms with Crippen LogP contribution in [0.15, 0.2) is 6.33 Å². The van der Waals surface area contributed by atoms with Gasteiger partial charge in [-0.3, -0.25) is 0 Å². The highest BCUT2D eigenvalue weighted by molar-refractivity contribution is 5.21. The standard InChI is InChI=1S/C10H17N3/c1-10(2)4-7(11-3)9-8(5-10)12-6-13-9/h6-7,11H,4-5H2,1-3H3,(H,12,13). The molecule has 72 valence electrons. The molecule has 1 heterocycles. The van der Waals surface area contributed by atoms with Crippen molar-refractivity contribution >= 4 is 0 Å². The number of aromatic amines is 1. The minimum absolute atomic E-state index is 0.382. The Balaban J connectivity index is 2.36. The van der Waals surface area contributed by atoms with E-state index in [1.165, 1.54) is 17.8 Å². The second-order valence-corrected chi connectivity index (χ2v) is 4.65. The lowest BCUT2D eigenvalue weighted by Crippen LogP contribution is -2.31. The zero-order valence-corrected chi connectivity index (χ0v) is 8.52. The van der Waals surface area contributed by atoms with Crippen molar-refractivity contribution in [3.05, 3.63) is 17.7 Å². The van der Waals surface area contributed by atoms with E-state index in [1.807, 2.05) is 7.05 Å². The lowest BCUT2D eigenvalue weighted by molar-refractivity contribution is 0.259. The highest BCUT2D eigenvalue weighted by Gasteiger charge is 2.32. The van der Waals surface area contributed by atoms with E-state index in [1.54, 1.807) is 6.33 Å². The van der Waals surface area contributed by atoms with Crippen LogP contribution in [-0.4, -0.2) is 17.0 Å². The van der Waals surface area contributed by atoms with E-state index in [0.29, 0.717) is 11.5 Å². The average molecular weight is 179 g/mol. The van der Waals surface area contributed by atoms with Gasteiger partial charge >= 0.3 is 0 Å². The third kappa shape index (κ3) is 1.48. The molecule has 3 heteroatoms. The van der Waals surface area contributed by atoms with Crippen molar-refractivity contribution in [1.82, 2.24) is 15.3 Å². The van der Waals surface area contributed by atoms with Gasteiger partial charge in [0.05, 0.1) is 18.1 Å². The van der Waals surface area contributed by atoms with Crippen molar-refractivity contribution in [2.75, 3.05) is 7.05 Å². The molecule has 0 bridgehead atoms. The maximum atomic E-state index is 4.36. The largest absolute Gasteiger partial charge is 0.348 e. The van der Waals surface area contributed by atoms with Crippen molar-refractivity contribution in [3.63, 3.8) is 0 Å². The van der Waals surface area contributed by atoms with E-state index < -0.39 is 0 Å². The molecule has 13 heavy (non-hydrogen) atoms. The molecular formula is C10H17N3. The summed E-state index contributed by atoms with van der Waals surface area (Å²) in [4.78, 5) is 7.58. The Morgan fingerprint density at radius 2 is 2.38 bits per heavy atom. The topological polar surface area (TPSA) is 40.7 Å². The summed E-state index contributed by atoms with van der Waals surface area (Å²) < 4.78 is 0. The van der Waals surface area contributed by atoms with Gasteiger partial charge in [-0.15, -0.1) is 0 Å². The summed E-state index contributed by atoms with van der Waals surface area (Å²) >= 11 is 0. The van der Waals surface area contributed by atoms with E-state index in [2.05, 4.69) is 29.1 Å². The molecular weight excluding hydrogens is 162 g/mol. The van der Waals surface area contributed by atoms with Gasteiger partial charge in [-0.05, 0) is 25.3 Å². The van der Waals surface area contributed by atoms with Crippen molar-refractivity contribution in [2.24, 2.45) is 5.41 Å². The molecule has 2 N–H and O–H groups in total. The number of imidazole rings is 1. The van der Waals surface area contributed by atoms with Gasteiger partial charge in [-0.1, -0.05) is 13.8 Å². The summed E-state index contributed by atoms with van der Waals surface area (Å²) in [5.41, 5.74) is 2.89. The SMILES string of the molecule is CNC1CC(C)(C)Cc2[nH]cnc21. The van der Waals surface area contributed by atoms with Crippen molar-refractivity contribution < 1.29 is 0 Å². The Morgan fingerprint density at radius 3 is 3.08 bits per heavy atom. The molecule has 0 radical (unpaired) electrons. The van der Waals surface area contributed by atoms with Crippen molar-refractivity contribution in [2.45, 2.75) is 32.7 Å². The van der Waals surface area contributed by atoms with Gasteiger partial charge in [0, 0.05) is 5.69 Å². The number of fused-ring (bicyclic) bond motifs is 1. The van der Waals surface area contributed by atoms with Crippen LogP contribution in [0.25, 0.3) is 0 Å². The van der Waals surface area contributed by atoms with Crippen molar-refractivity contribution in [3.8, 4) is 0 Å². The van der Waals surface area contributed by atoms with Crippen LogP contribution in [0.3, 0.4) is 0 Å². The molecule has 1 aromatic heterocycles. The molecule has 0 amide bonds. The molecule has 0 aromatic carbocycles. The minimum atomic E-state index is 0.382. The Labute approximate surface area is 79.0 Å². The van der Waals surface area contributed by atoms with Gasteiger partial charge in [-0.25, -0.2) is 4.98 Å². The van der Waals surface area contributed by atoms with Crippen LogP contribution < -0.4 is 5.32 Å². The maximum Gasteiger partial charge on any atom is 0.0925 e. The fourth-order valence-electron chi connectivity index (χ4n) is 2.21. The minimum Gasteiger partial charge on any atom is -0.348 e. The van der Waals surface area contributed by atoms with Crippen LogP contribution in [0.2, 0.25) is 0 Å².